The number of esters is 1. The number of rotatable bonds is 6. The van der Waals surface area contributed by atoms with Gasteiger partial charge in [-0.1, -0.05) is 12.1 Å². The van der Waals surface area contributed by atoms with Gasteiger partial charge >= 0.3 is 5.97 Å². The molecule has 4 nitrogen and oxygen atoms in total. The molecular formula is C22H28FNO3. The van der Waals surface area contributed by atoms with Gasteiger partial charge in [-0.15, -0.1) is 0 Å². The molecule has 0 spiro atoms. The summed E-state index contributed by atoms with van der Waals surface area (Å²) in [4.78, 5) is 27.1. The lowest BCUT2D eigenvalue weighted by Crippen LogP contribution is -2.62. The van der Waals surface area contributed by atoms with E-state index in [2.05, 4.69) is 0 Å². The Hall–Kier alpha value is -1.91. The van der Waals surface area contributed by atoms with Crippen LogP contribution in [0.15, 0.2) is 24.3 Å². The molecule has 4 fully saturated rings. The van der Waals surface area contributed by atoms with Crippen molar-refractivity contribution in [3.05, 3.63) is 35.6 Å². The third-order valence-corrected chi connectivity index (χ3v) is 6.92. The standard InChI is InChI=1S/C22H28FNO3/c1-27-21(26)6-7-24(20(25)11-15-2-4-19(23)5-3-15)22-12-16-8-17(13-22)10-18(9-16)14-22/h2-5,16-18H,6-14H2,1H3. The highest BCUT2D eigenvalue weighted by Crippen LogP contribution is 2.57. The number of amides is 1. The van der Waals surface area contributed by atoms with E-state index in [1.807, 2.05) is 4.90 Å². The molecule has 1 amide bonds. The zero-order valence-corrected chi connectivity index (χ0v) is 16.0. The molecule has 27 heavy (non-hydrogen) atoms. The van der Waals surface area contributed by atoms with Gasteiger partial charge in [-0.25, -0.2) is 4.39 Å². The molecule has 5 heteroatoms. The van der Waals surface area contributed by atoms with E-state index < -0.39 is 0 Å². The van der Waals surface area contributed by atoms with Gasteiger partial charge in [0, 0.05) is 12.1 Å². The van der Waals surface area contributed by atoms with Crippen LogP contribution in [0.2, 0.25) is 0 Å². The SMILES string of the molecule is COC(=O)CCN(C(=O)Cc1ccc(F)cc1)C12CC3CC(CC(C3)C1)C2. The first-order valence-electron chi connectivity index (χ1n) is 10.1. The van der Waals surface area contributed by atoms with Crippen molar-refractivity contribution in [2.45, 2.75) is 56.9 Å². The van der Waals surface area contributed by atoms with Crippen molar-refractivity contribution >= 4 is 11.9 Å². The predicted octanol–water partition coefficient (Wildman–Crippen LogP) is 3.73. The van der Waals surface area contributed by atoms with Gasteiger partial charge in [0.15, 0.2) is 0 Å². The number of hydrogen-bond acceptors (Lipinski definition) is 3. The highest BCUT2D eigenvalue weighted by Gasteiger charge is 2.54. The van der Waals surface area contributed by atoms with Crippen LogP contribution in [0.5, 0.6) is 0 Å². The number of methoxy groups -OCH3 is 1. The lowest BCUT2D eigenvalue weighted by atomic mass is 9.52. The molecule has 0 unspecified atom stereocenters. The fourth-order valence-corrected chi connectivity index (χ4v) is 6.20. The molecule has 5 rings (SSSR count). The summed E-state index contributed by atoms with van der Waals surface area (Å²) in [6.07, 6.45) is 7.58. The van der Waals surface area contributed by atoms with Crippen molar-refractivity contribution < 1.29 is 18.7 Å². The molecule has 0 radical (unpaired) electrons. The second kappa shape index (κ2) is 7.25. The van der Waals surface area contributed by atoms with Crippen molar-refractivity contribution in [1.82, 2.24) is 4.90 Å². The lowest BCUT2D eigenvalue weighted by Gasteiger charge is -2.60. The molecule has 0 aromatic heterocycles. The second-order valence-electron chi connectivity index (χ2n) is 8.82. The average Bonchev–Trinajstić information content (AvgIpc) is 2.62. The molecule has 0 N–H and O–H groups in total. The number of nitrogens with zero attached hydrogens (tertiary/aromatic N) is 1. The Morgan fingerprint density at radius 1 is 1.07 bits per heavy atom. The van der Waals surface area contributed by atoms with Crippen molar-refractivity contribution in [2.75, 3.05) is 13.7 Å². The number of carbonyl (C=O) groups is 2. The maximum absolute atomic E-state index is 13.3. The quantitative estimate of drug-likeness (QED) is 0.714. The molecule has 0 aliphatic heterocycles. The number of halogens is 1. The van der Waals surface area contributed by atoms with Crippen LogP contribution in [0.1, 0.15) is 50.5 Å². The van der Waals surface area contributed by atoms with Gasteiger partial charge in [0.25, 0.3) is 0 Å². The minimum Gasteiger partial charge on any atom is -0.469 e. The molecule has 4 bridgehead atoms. The summed E-state index contributed by atoms with van der Waals surface area (Å²) >= 11 is 0. The Balaban J connectivity index is 1.55. The van der Waals surface area contributed by atoms with Crippen LogP contribution in [0.25, 0.3) is 0 Å². The number of hydrogen-bond donors (Lipinski definition) is 0. The van der Waals surface area contributed by atoms with Gasteiger partial charge in [0.05, 0.1) is 20.0 Å². The molecule has 4 aliphatic carbocycles. The number of ether oxygens (including phenoxy) is 1. The van der Waals surface area contributed by atoms with Gasteiger partial charge in [-0.05, 0) is 74.0 Å². The third kappa shape index (κ3) is 3.74. The van der Waals surface area contributed by atoms with Gasteiger partial charge in [0.1, 0.15) is 5.82 Å². The number of benzene rings is 1. The first kappa shape index (κ1) is 18.5. The van der Waals surface area contributed by atoms with Crippen molar-refractivity contribution in [2.24, 2.45) is 17.8 Å². The van der Waals surface area contributed by atoms with E-state index >= 15 is 0 Å². The van der Waals surface area contributed by atoms with Gasteiger partial charge in [-0.3, -0.25) is 9.59 Å². The fraction of sp³-hybridized carbons (Fsp3) is 0.636. The van der Waals surface area contributed by atoms with E-state index in [4.69, 9.17) is 4.74 Å². The normalized spacial score (nSPS) is 31.0. The van der Waals surface area contributed by atoms with Crippen LogP contribution in [-0.4, -0.2) is 36.0 Å². The maximum Gasteiger partial charge on any atom is 0.307 e. The zero-order valence-electron chi connectivity index (χ0n) is 16.0. The van der Waals surface area contributed by atoms with Crippen LogP contribution >= 0.6 is 0 Å². The van der Waals surface area contributed by atoms with E-state index in [9.17, 15) is 14.0 Å². The predicted molar refractivity (Wildman–Crippen MR) is 99.4 cm³/mol. The Morgan fingerprint density at radius 2 is 1.63 bits per heavy atom. The number of carbonyl (C=O) groups excluding carboxylic acids is 2. The largest absolute Gasteiger partial charge is 0.469 e. The van der Waals surface area contributed by atoms with Crippen LogP contribution in [0.3, 0.4) is 0 Å². The topological polar surface area (TPSA) is 46.6 Å². The summed E-state index contributed by atoms with van der Waals surface area (Å²) in [6.45, 7) is 0.416. The minimum absolute atomic E-state index is 0.0486. The molecular weight excluding hydrogens is 345 g/mol. The van der Waals surface area contributed by atoms with Crippen molar-refractivity contribution in [1.29, 1.82) is 0 Å². The Morgan fingerprint density at radius 3 is 2.15 bits per heavy atom. The van der Waals surface area contributed by atoms with E-state index in [0.29, 0.717) is 6.54 Å². The summed E-state index contributed by atoms with van der Waals surface area (Å²) < 4.78 is 18.0. The van der Waals surface area contributed by atoms with E-state index in [-0.39, 0.29) is 36.1 Å². The Labute approximate surface area is 160 Å². The molecule has 1 aromatic rings. The molecule has 146 valence electrons. The van der Waals surface area contributed by atoms with E-state index in [1.54, 1.807) is 12.1 Å². The maximum atomic E-state index is 13.3. The smallest absolute Gasteiger partial charge is 0.307 e. The average molecular weight is 373 g/mol. The monoisotopic (exact) mass is 373 g/mol. The second-order valence-corrected chi connectivity index (χ2v) is 8.82. The summed E-state index contributed by atoms with van der Waals surface area (Å²) in [5.41, 5.74) is 0.717. The Kier molecular flexibility index (Phi) is 4.95. The Bertz CT molecular complexity index is 679. The van der Waals surface area contributed by atoms with Crippen molar-refractivity contribution in [3.8, 4) is 0 Å². The fourth-order valence-electron chi connectivity index (χ4n) is 6.20. The highest BCUT2D eigenvalue weighted by atomic mass is 19.1. The molecule has 0 atom stereocenters. The molecule has 1 aromatic carbocycles. The van der Waals surface area contributed by atoms with Crippen LogP contribution in [-0.2, 0) is 20.7 Å². The summed E-state index contributed by atoms with van der Waals surface area (Å²) in [7, 11) is 1.39. The first-order chi connectivity index (χ1) is 13.0. The molecule has 0 saturated heterocycles. The molecule has 4 aliphatic rings. The van der Waals surface area contributed by atoms with Gasteiger partial charge in [-0.2, -0.15) is 0 Å². The van der Waals surface area contributed by atoms with E-state index in [0.717, 1.165) is 42.6 Å². The summed E-state index contributed by atoms with van der Waals surface area (Å²) in [6, 6.07) is 6.13. The first-order valence-corrected chi connectivity index (χ1v) is 10.1. The van der Waals surface area contributed by atoms with Crippen LogP contribution < -0.4 is 0 Å². The van der Waals surface area contributed by atoms with Gasteiger partial charge < -0.3 is 9.64 Å². The minimum atomic E-state index is -0.296. The summed E-state index contributed by atoms with van der Waals surface area (Å²) in [5, 5.41) is 0. The molecule has 0 heterocycles. The molecule has 4 saturated carbocycles. The van der Waals surface area contributed by atoms with Crippen LogP contribution in [0, 0.1) is 23.6 Å². The lowest BCUT2D eigenvalue weighted by molar-refractivity contribution is -0.152. The van der Waals surface area contributed by atoms with Gasteiger partial charge in [0.2, 0.25) is 5.91 Å². The van der Waals surface area contributed by atoms with E-state index in [1.165, 1.54) is 38.5 Å². The highest BCUT2D eigenvalue weighted by molar-refractivity contribution is 5.80. The third-order valence-electron chi connectivity index (χ3n) is 6.92. The van der Waals surface area contributed by atoms with Crippen LogP contribution in [0.4, 0.5) is 4.39 Å². The zero-order chi connectivity index (χ0) is 19.0. The van der Waals surface area contributed by atoms with Crippen molar-refractivity contribution in [3.63, 3.8) is 0 Å². The summed E-state index contributed by atoms with van der Waals surface area (Å²) in [5.74, 6) is 1.63.